The van der Waals surface area contributed by atoms with Crippen molar-refractivity contribution in [2.24, 2.45) is 0 Å². The largest absolute Gasteiger partial charge is 0.489 e. The van der Waals surface area contributed by atoms with Crippen molar-refractivity contribution in [2.45, 2.75) is 50.9 Å². The number of hydrogen-bond acceptors (Lipinski definition) is 11. The zero-order valence-corrected chi connectivity index (χ0v) is 24.3. The highest BCUT2D eigenvalue weighted by Crippen LogP contribution is 2.33. The van der Waals surface area contributed by atoms with E-state index < -0.39 is 0 Å². The van der Waals surface area contributed by atoms with E-state index in [0.29, 0.717) is 66.0 Å². The molecular formula is C31H37N7O4. The number of methoxy groups -OCH3 is 1. The van der Waals surface area contributed by atoms with Crippen LogP contribution in [0.1, 0.15) is 32.3 Å². The van der Waals surface area contributed by atoms with E-state index in [4.69, 9.17) is 23.9 Å². The summed E-state index contributed by atoms with van der Waals surface area (Å²) >= 11 is 0. The molecule has 3 aliphatic heterocycles. The monoisotopic (exact) mass is 571 g/mol. The van der Waals surface area contributed by atoms with E-state index in [0.717, 1.165) is 50.4 Å². The molecule has 11 heteroatoms. The minimum absolute atomic E-state index is 0.0567. The first-order valence-corrected chi connectivity index (χ1v) is 14.6. The molecule has 5 heterocycles. The summed E-state index contributed by atoms with van der Waals surface area (Å²) in [5.74, 6) is 2.11. The number of ether oxygens (including phenoxy) is 4. The van der Waals surface area contributed by atoms with Crippen molar-refractivity contribution < 1.29 is 18.9 Å². The smallest absolute Gasteiger partial charge is 0.239 e. The minimum atomic E-state index is 0.0567. The van der Waals surface area contributed by atoms with Crippen molar-refractivity contribution in [3.05, 3.63) is 48.2 Å². The van der Waals surface area contributed by atoms with Gasteiger partial charge in [0.15, 0.2) is 0 Å². The molecule has 0 amide bonds. The number of anilines is 3. The van der Waals surface area contributed by atoms with Crippen LogP contribution in [0.4, 0.5) is 17.5 Å². The van der Waals surface area contributed by atoms with Gasteiger partial charge in [-0.1, -0.05) is 0 Å². The van der Waals surface area contributed by atoms with E-state index in [1.807, 2.05) is 30.3 Å². The number of aromatic nitrogens is 3. The quantitative estimate of drug-likeness (QED) is 0.422. The van der Waals surface area contributed by atoms with Gasteiger partial charge in [-0.3, -0.25) is 4.90 Å². The van der Waals surface area contributed by atoms with Gasteiger partial charge in [-0.05, 0) is 50.2 Å². The van der Waals surface area contributed by atoms with E-state index >= 15 is 0 Å². The Morgan fingerprint density at radius 3 is 2.48 bits per heavy atom. The summed E-state index contributed by atoms with van der Waals surface area (Å²) in [5.41, 5.74) is 2.92. The molecule has 6 rings (SSSR count). The standard InChI is InChI=1S/C31H37N7O4/c1-20-16-37(17-21(2)38(20)24-18-41-19-24)27-5-7-29(35-30(27)39-3)36-31-33-11-8-26(34-31)22-4-6-28(23(14-22)15-32)42-25-9-12-40-13-10-25/h4-8,11,14,20-21,24-25H,9-10,12-13,16-19H2,1-3H3,(H,33,34,35,36). The van der Waals surface area contributed by atoms with Crippen molar-refractivity contribution in [3.63, 3.8) is 0 Å². The number of nitriles is 1. The highest BCUT2D eigenvalue weighted by Gasteiger charge is 2.38. The molecule has 0 bridgehead atoms. The molecule has 2 aromatic heterocycles. The lowest BCUT2D eigenvalue weighted by molar-refractivity contribution is -0.0940. The molecule has 2 atom stereocenters. The van der Waals surface area contributed by atoms with Gasteiger partial charge in [-0.15, -0.1) is 0 Å². The van der Waals surface area contributed by atoms with Crippen molar-refractivity contribution >= 4 is 17.5 Å². The number of rotatable bonds is 8. The van der Waals surface area contributed by atoms with Crippen LogP contribution < -0.4 is 19.7 Å². The Morgan fingerprint density at radius 2 is 1.79 bits per heavy atom. The van der Waals surface area contributed by atoms with Crippen LogP contribution in [0.3, 0.4) is 0 Å². The number of benzene rings is 1. The van der Waals surface area contributed by atoms with Crippen molar-refractivity contribution in [2.75, 3.05) is 56.8 Å². The second-order valence-corrected chi connectivity index (χ2v) is 11.1. The van der Waals surface area contributed by atoms with Crippen molar-refractivity contribution in [1.82, 2.24) is 19.9 Å². The van der Waals surface area contributed by atoms with Gasteiger partial charge >= 0.3 is 0 Å². The molecule has 42 heavy (non-hydrogen) atoms. The second-order valence-electron chi connectivity index (χ2n) is 11.1. The van der Waals surface area contributed by atoms with Gasteiger partial charge in [0.1, 0.15) is 29.4 Å². The highest BCUT2D eigenvalue weighted by atomic mass is 16.5. The van der Waals surface area contributed by atoms with Gasteiger partial charge in [0, 0.05) is 49.8 Å². The molecule has 3 aromatic rings. The molecule has 11 nitrogen and oxygen atoms in total. The third kappa shape index (κ3) is 5.97. The van der Waals surface area contributed by atoms with E-state index in [-0.39, 0.29) is 6.10 Å². The second kappa shape index (κ2) is 12.5. The Bertz CT molecular complexity index is 1430. The number of piperazine rings is 1. The molecule has 0 spiro atoms. The fraction of sp³-hybridized carbons (Fsp3) is 0.484. The van der Waals surface area contributed by atoms with Gasteiger partial charge in [0.05, 0.1) is 50.8 Å². The van der Waals surface area contributed by atoms with Crippen LogP contribution in [0.15, 0.2) is 42.6 Å². The molecule has 2 unspecified atom stereocenters. The number of nitrogens with one attached hydrogen (secondary N) is 1. The highest BCUT2D eigenvalue weighted by molar-refractivity contribution is 5.66. The topological polar surface area (TPSA) is 118 Å². The SMILES string of the molecule is COc1nc(Nc2nccc(-c3ccc(OC4CCOCC4)c(C#N)c3)n2)ccc1N1CC(C)N(C2COC2)C(C)C1. The third-order valence-electron chi connectivity index (χ3n) is 8.16. The predicted molar refractivity (Wildman–Crippen MR) is 158 cm³/mol. The molecule has 1 aromatic carbocycles. The van der Waals surface area contributed by atoms with E-state index in [1.165, 1.54) is 0 Å². The summed E-state index contributed by atoms with van der Waals surface area (Å²) in [5, 5.41) is 13.0. The van der Waals surface area contributed by atoms with Crippen LogP contribution in [0.25, 0.3) is 11.3 Å². The number of hydrogen-bond donors (Lipinski definition) is 1. The fourth-order valence-corrected chi connectivity index (χ4v) is 6.09. The lowest BCUT2D eigenvalue weighted by Crippen LogP contribution is -2.64. The fourth-order valence-electron chi connectivity index (χ4n) is 6.09. The summed E-state index contributed by atoms with van der Waals surface area (Å²) in [4.78, 5) is 18.7. The van der Waals surface area contributed by atoms with Gasteiger partial charge in [-0.25, -0.2) is 9.97 Å². The van der Waals surface area contributed by atoms with Crippen LogP contribution in [-0.4, -0.2) is 90.7 Å². The van der Waals surface area contributed by atoms with Crippen LogP contribution in [0, 0.1) is 11.3 Å². The van der Waals surface area contributed by atoms with E-state index in [1.54, 1.807) is 19.4 Å². The minimum Gasteiger partial charge on any atom is -0.489 e. The Morgan fingerprint density at radius 1 is 1.00 bits per heavy atom. The van der Waals surface area contributed by atoms with E-state index in [9.17, 15) is 5.26 Å². The van der Waals surface area contributed by atoms with E-state index in [2.05, 4.69) is 45.0 Å². The van der Waals surface area contributed by atoms with Crippen LogP contribution in [0.2, 0.25) is 0 Å². The molecule has 3 saturated heterocycles. The van der Waals surface area contributed by atoms with Crippen molar-refractivity contribution in [1.29, 1.82) is 5.26 Å². The Hall–Kier alpha value is -3.98. The molecule has 1 N–H and O–H groups in total. The first kappa shape index (κ1) is 28.2. The number of nitrogens with zero attached hydrogens (tertiary/aromatic N) is 6. The molecule has 3 aliphatic rings. The maximum absolute atomic E-state index is 9.78. The molecule has 220 valence electrons. The maximum Gasteiger partial charge on any atom is 0.239 e. The normalized spacial score (nSPS) is 21.8. The lowest BCUT2D eigenvalue weighted by atomic mass is 10.0. The van der Waals surface area contributed by atoms with Crippen LogP contribution >= 0.6 is 0 Å². The Kier molecular flexibility index (Phi) is 8.37. The molecule has 0 radical (unpaired) electrons. The Labute approximate surface area is 246 Å². The first-order valence-electron chi connectivity index (χ1n) is 14.6. The summed E-state index contributed by atoms with van der Waals surface area (Å²) in [6.07, 6.45) is 3.38. The average Bonchev–Trinajstić information content (AvgIpc) is 2.98. The Balaban J connectivity index is 1.16. The molecule has 3 fully saturated rings. The van der Waals surface area contributed by atoms with Crippen molar-refractivity contribution in [3.8, 4) is 29.0 Å². The average molecular weight is 572 g/mol. The van der Waals surface area contributed by atoms with Gasteiger partial charge in [0.25, 0.3) is 0 Å². The summed E-state index contributed by atoms with van der Waals surface area (Å²) in [6.45, 7) is 9.31. The third-order valence-corrected chi connectivity index (χ3v) is 8.16. The zero-order chi connectivity index (χ0) is 29.1. The zero-order valence-electron chi connectivity index (χ0n) is 24.3. The molecule has 0 aliphatic carbocycles. The summed E-state index contributed by atoms with van der Waals surface area (Å²) in [7, 11) is 1.64. The van der Waals surface area contributed by atoms with Gasteiger partial charge in [0.2, 0.25) is 11.8 Å². The summed E-state index contributed by atoms with van der Waals surface area (Å²) in [6, 6.07) is 14.9. The van der Waals surface area contributed by atoms with Crippen LogP contribution in [0.5, 0.6) is 11.6 Å². The predicted octanol–water partition coefficient (Wildman–Crippen LogP) is 4.02. The lowest BCUT2D eigenvalue weighted by Gasteiger charge is -2.51. The van der Waals surface area contributed by atoms with Gasteiger partial charge in [-0.2, -0.15) is 10.2 Å². The summed E-state index contributed by atoms with van der Waals surface area (Å²) < 4.78 is 22.7. The first-order chi connectivity index (χ1) is 20.5. The van der Waals surface area contributed by atoms with Crippen LogP contribution in [-0.2, 0) is 9.47 Å². The molecule has 0 saturated carbocycles. The number of pyridine rings is 1. The maximum atomic E-state index is 9.78. The molecular weight excluding hydrogens is 534 g/mol. The van der Waals surface area contributed by atoms with Gasteiger partial charge < -0.3 is 29.2 Å².